The average molecular weight is 364 g/mol. The minimum atomic E-state index is -0.293. The van der Waals surface area contributed by atoms with Crippen molar-refractivity contribution in [1.29, 1.82) is 0 Å². The molecule has 1 amide bonds. The van der Waals surface area contributed by atoms with Crippen molar-refractivity contribution >= 4 is 16.7 Å². The van der Waals surface area contributed by atoms with Crippen LogP contribution in [0.15, 0.2) is 60.7 Å². The Morgan fingerprint density at radius 3 is 2.30 bits per heavy atom. The lowest BCUT2D eigenvalue weighted by Crippen LogP contribution is -2.34. The first-order valence-corrected chi connectivity index (χ1v) is 8.80. The van der Waals surface area contributed by atoms with Gasteiger partial charge in [-0.3, -0.25) is 4.79 Å². The van der Waals surface area contributed by atoms with E-state index in [1.54, 1.807) is 19.2 Å². The predicted octanol–water partition coefficient (Wildman–Crippen LogP) is 3.59. The fourth-order valence-corrected chi connectivity index (χ4v) is 3.12. The van der Waals surface area contributed by atoms with Gasteiger partial charge in [0.05, 0.1) is 18.7 Å². The van der Waals surface area contributed by atoms with E-state index in [-0.39, 0.29) is 23.3 Å². The molecule has 2 N–H and O–H groups in total. The molecule has 1 atom stereocenters. The van der Waals surface area contributed by atoms with Crippen LogP contribution in [-0.2, 0) is 0 Å². The van der Waals surface area contributed by atoms with Crippen molar-refractivity contribution in [2.45, 2.75) is 6.04 Å². The smallest absolute Gasteiger partial charge is 0.255 e. The highest BCUT2D eigenvalue weighted by atomic mass is 16.5. The van der Waals surface area contributed by atoms with Crippen LogP contribution in [0.3, 0.4) is 0 Å². The monoisotopic (exact) mass is 364 g/mol. The van der Waals surface area contributed by atoms with Gasteiger partial charge < -0.3 is 20.1 Å². The van der Waals surface area contributed by atoms with E-state index < -0.39 is 0 Å². The van der Waals surface area contributed by atoms with Gasteiger partial charge in [-0.2, -0.15) is 0 Å². The van der Waals surface area contributed by atoms with Crippen molar-refractivity contribution in [1.82, 2.24) is 10.2 Å². The van der Waals surface area contributed by atoms with Crippen LogP contribution < -0.4 is 10.1 Å². The molecule has 0 aromatic heterocycles. The third kappa shape index (κ3) is 4.20. The first-order valence-electron chi connectivity index (χ1n) is 8.80. The third-order valence-electron chi connectivity index (χ3n) is 4.69. The van der Waals surface area contributed by atoms with Crippen molar-refractivity contribution in [2.24, 2.45) is 0 Å². The number of ether oxygens (including phenoxy) is 1. The van der Waals surface area contributed by atoms with Crippen molar-refractivity contribution < 1.29 is 14.6 Å². The van der Waals surface area contributed by atoms with Crippen LogP contribution in [0.2, 0.25) is 0 Å². The lowest BCUT2D eigenvalue weighted by Gasteiger charge is -2.25. The molecule has 0 aliphatic rings. The number of aromatic hydroxyl groups is 1. The van der Waals surface area contributed by atoms with Gasteiger partial charge in [-0.05, 0) is 54.7 Å². The molecule has 3 aromatic rings. The number of likely N-dealkylation sites (N-methyl/N-ethyl adjacent to an activating group) is 1. The summed E-state index contributed by atoms with van der Waals surface area (Å²) in [6.07, 6.45) is 0. The van der Waals surface area contributed by atoms with Gasteiger partial charge in [0, 0.05) is 6.54 Å². The zero-order chi connectivity index (χ0) is 19.4. The maximum atomic E-state index is 12.7. The van der Waals surface area contributed by atoms with Gasteiger partial charge in [0.15, 0.2) is 0 Å². The number of carbonyl (C=O) groups excluding carboxylic acids is 1. The molecular weight excluding hydrogens is 340 g/mol. The molecule has 3 rings (SSSR count). The number of amides is 1. The molecule has 0 heterocycles. The number of phenolic OH excluding ortho intramolecular Hbond substituents is 1. The van der Waals surface area contributed by atoms with Crippen LogP contribution in [0.25, 0.3) is 10.8 Å². The first kappa shape index (κ1) is 18.7. The number of nitrogens with zero attached hydrogens (tertiary/aromatic N) is 1. The van der Waals surface area contributed by atoms with E-state index in [0.29, 0.717) is 6.54 Å². The van der Waals surface area contributed by atoms with Crippen LogP contribution in [0.1, 0.15) is 22.0 Å². The maximum absolute atomic E-state index is 12.7. The Morgan fingerprint density at radius 1 is 1.07 bits per heavy atom. The van der Waals surface area contributed by atoms with Crippen LogP contribution in [0.4, 0.5) is 0 Å². The summed E-state index contributed by atoms with van der Waals surface area (Å²) < 4.78 is 5.20. The lowest BCUT2D eigenvalue weighted by molar-refractivity contribution is 0.0939. The average Bonchev–Trinajstić information content (AvgIpc) is 2.67. The number of fused-ring (bicyclic) bond motifs is 1. The molecule has 3 aromatic carbocycles. The summed E-state index contributed by atoms with van der Waals surface area (Å²) in [5.74, 6) is 0.483. The second kappa shape index (κ2) is 8.10. The second-order valence-electron chi connectivity index (χ2n) is 6.68. The standard InChI is InChI=1S/C22H24N2O3/c1-24(2)20(15-8-10-18(27-3)11-9-15)14-23-22(26)19-12-16-6-4-5-7-17(16)13-21(19)25/h4-13,20,25H,14H2,1-3H3,(H,23,26). The number of rotatable bonds is 6. The molecule has 0 aliphatic carbocycles. The number of methoxy groups -OCH3 is 1. The van der Waals surface area contributed by atoms with E-state index in [9.17, 15) is 9.90 Å². The predicted molar refractivity (Wildman–Crippen MR) is 107 cm³/mol. The maximum Gasteiger partial charge on any atom is 0.255 e. The van der Waals surface area contributed by atoms with Crippen molar-refractivity contribution in [2.75, 3.05) is 27.7 Å². The van der Waals surface area contributed by atoms with E-state index in [1.165, 1.54) is 0 Å². The van der Waals surface area contributed by atoms with Crippen molar-refractivity contribution in [3.8, 4) is 11.5 Å². The third-order valence-corrected chi connectivity index (χ3v) is 4.69. The molecule has 0 bridgehead atoms. The van der Waals surface area contributed by atoms with E-state index in [4.69, 9.17) is 4.74 Å². The van der Waals surface area contributed by atoms with Gasteiger partial charge >= 0.3 is 0 Å². The minimum Gasteiger partial charge on any atom is -0.507 e. The SMILES string of the molecule is COc1ccc(C(CNC(=O)c2cc3ccccc3cc2O)N(C)C)cc1. The topological polar surface area (TPSA) is 61.8 Å². The Hall–Kier alpha value is -3.05. The molecular formula is C22H24N2O3. The fourth-order valence-electron chi connectivity index (χ4n) is 3.12. The fraction of sp³-hybridized carbons (Fsp3) is 0.227. The molecule has 0 aliphatic heterocycles. The summed E-state index contributed by atoms with van der Waals surface area (Å²) in [4.78, 5) is 14.7. The van der Waals surface area contributed by atoms with Gasteiger partial charge in [-0.1, -0.05) is 36.4 Å². The first-order chi connectivity index (χ1) is 13.0. The van der Waals surface area contributed by atoms with Crippen molar-refractivity contribution in [3.63, 3.8) is 0 Å². The zero-order valence-corrected chi connectivity index (χ0v) is 15.8. The van der Waals surface area contributed by atoms with Gasteiger partial charge in [0.2, 0.25) is 0 Å². The summed E-state index contributed by atoms with van der Waals surface area (Å²) in [5.41, 5.74) is 1.35. The largest absolute Gasteiger partial charge is 0.507 e. The highest BCUT2D eigenvalue weighted by Crippen LogP contribution is 2.25. The molecule has 0 spiro atoms. The summed E-state index contributed by atoms with van der Waals surface area (Å²) in [7, 11) is 5.57. The number of benzene rings is 3. The summed E-state index contributed by atoms with van der Waals surface area (Å²) >= 11 is 0. The normalized spacial score (nSPS) is 12.1. The van der Waals surface area contributed by atoms with Crippen LogP contribution in [0.5, 0.6) is 11.5 Å². The summed E-state index contributed by atoms with van der Waals surface area (Å²) in [6, 6.07) is 18.8. The molecule has 140 valence electrons. The van der Waals surface area contributed by atoms with Crippen molar-refractivity contribution in [3.05, 3.63) is 71.8 Å². The van der Waals surface area contributed by atoms with E-state index in [2.05, 4.69) is 5.32 Å². The number of carbonyl (C=O) groups is 1. The Kier molecular flexibility index (Phi) is 5.62. The van der Waals surface area contributed by atoms with Gasteiger partial charge in [-0.15, -0.1) is 0 Å². The molecule has 1 unspecified atom stereocenters. The Morgan fingerprint density at radius 2 is 1.70 bits per heavy atom. The van der Waals surface area contributed by atoms with Crippen LogP contribution >= 0.6 is 0 Å². The zero-order valence-electron chi connectivity index (χ0n) is 15.8. The molecule has 27 heavy (non-hydrogen) atoms. The van der Waals surface area contributed by atoms with Gasteiger partial charge in [0.25, 0.3) is 5.91 Å². The Balaban J connectivity index is 1.77. The van der Waals surface area contributed by atoms with Crippen LogP contribution in [-0.4, -0.2) is 43.7 Å². The number of phenols is 1. The van der Waals surface area contributed by atoms with E-state index in [0.717, 1.165) is 22.1 Å². The quantitative estimate of drug-likeness (QED) is 0.702. The highest BCUT2D eigenvalue weighted by Gasteiger charge is 2.18. The molecule has 0 saturated heterocycles. The second-order valence-corrected chi connectivity index (χ2v) is 6.68. The lowest BCUT2D eigenvalue weighted by atomic mass is 10.0. The molecule has 5 nitrogen and oxygen atoms in total. The minimum absolute atomic E-state index is 0.00227. The van der Waals surface area contributed by atoms with E-state index in [1.807, 2.05) is 67.5 Å². The van der Waals surface area contributed by atoms with E-state index >= 15 is 0 Å². The number of nitrogens with one attached hydrogen (secondary N) is 1. The van der Waals surface area contributed by atoms with Gasteiger partial charge in [0.1, 0.15) is 11.5 Å². The Labute approximate surface area is 159 Å². The Bertz CT molecular complexity index is 936. The molecule has 0 radical (unpaired) electrons. The highest BCUT2D eigenvalue weighted by molar-refractivity contribution is 6.01. The molecule has 0 saturated carbocycles. The van der Waals surface area contributed by atoms with Crippen LogP contribution in [0, 0.1) is 0 Å². The molecule has 0 fully saturated rings. The summed E-state index contributed by atoms with van der Waals surface area (Å²) in [6.45, 7) is 0.421. The summed E-state index contributed by atoms with van der Waals surface area (Å²) in [5, 5.41) is 15.0. The van der Waals surface area contributed by atoms with Gasteiger partial charge in [-0.25, -0.2) is 0 Å². The molecule has 5 heteroatoms. The number of hydrogen-bond acceptors (Lipinski definition) is 4. The number of hydrogen-bond donors (Lipinski definition) is 2.